The lowest BCUT2D eigenvalue weighted by Crippen LogP contribution is -2.17. The molecule has 0 saturated carbocycles. The van der Waals surface area contributed by atoms with Gasteiger partial charge >= 0.3 is 12.1 Å². The Balaban J connectivity index is 3.03. The summed E-state index contributed by atoms with van der Waals surface area (Å²) in [7, 11) is 0. The Morgan fingerprint density at radius 1 is 1.44 bits per heavy atom. The van der Waals surface area contributed by atoms with Crippen molar-refractivity contribution in [3.8, 4) is 0 Å². The molecule has 18 heavy (non-hydrogen) atoms. The van der Waals surface area contributed by atoms with Crippen LogP contribution in [0.1, 0.15) is 21.5 Å². The van der Waals surface area contributed by atoms with Gasteiger partial charge in [0.25, 0.3) is 0 Å². The van der Waals surface area contributed by atoms with E-state index in [1.807, 2.05) is 0 Å². The molecule has 0 unspecified atom stereocenters. The Morgan fingerprint density at radius 2 is 2.11 bits per heavy atom. The molecule has 0 aromatic heterocycles. The number of nitrogens with one attached hydrogen (secondary N) is 1. The molecule has 0 aliphatic heterocycles. The van der Waals surface area contributed by atoms with Crippen molar-refractivity contribution in [2.75, 3.05) is 11.9 Å². The molecular formula is C13H15NO4. The molecule has 1 aromatic rings. The fourth-order valence-corrected chi connectivity index (χ4v) is 1.57. The molecule has 1 rings (SSSR count). The van der Waals surface area contributed by atoms with E-state index in [4.69, 9.17) is 9.84 Å². The van der Waals surface area contributed by atoms with Crippen molar-refractivity contribution in [3.63, 3.8) is 0 Å². The van der Waals surface area contributed by atoms with Crippen molar-refractivity contribution in [2.45, 2.75) is 13.8 Å². The number of carbonyl (C=O) groups is 2. The van der Waals surface area contributed by atoms with Gasteiger partial charge < -0.3 is 9.84 Å². The van der Waals surface area contributed by atoms with Gasteiger partial charge in [-0.05, 0) is 31.0 Å². The first-order valence-corrected chi connectivity index (χ1v) is 5.35. The maximum atomic E-state index is 11.4. The first-order chi connectivity index (χ1) is 8.45. The zero-order chi connectivity index (χ0) is 13.7. The van der Waals surface area contributed by atoms with Crippen LogP contribution in [-0.4, -0.2) is 23.8 Å². The molecule has 96 valence electrons. The summed E-state index contributed by atoms with van der Waals surface area (Å²) in [6.45, 7) is 7.00. The molecular weight excluding hydrogens is 234 g/mol. The summed E-state index contributed by atoms with van der Waals surface area (Å²) in [6.07, 6.45) is 0.726. The number of hydrogen-bond donors (Lipinski definition) is 2. The van der Waals surface area contributed by atoms with Gasteiger partial charge in [-0.15, -0.1) is 0 Å². The van der Waals surface area contributed by atoms with E-state index in [9.17, 15) is 9.59 Å². The van der Waals surface area contributed by atoms with Gasteiger partial charge in [-0.3, -0.25) is 5.32 Å². The Morgan fingerprint density at radius 3 is 2.67 bits per heavy atom. The van der Waals surface area contributed by atoms with Crippen LogP contribution >= 0.6 is 0 Å². The van der Waals surface area contributed by atoms with Crippen LogP contribution < -0.4 is 5.32 Å². The molecule has 0 saturated heterocycles. The van der Waals surface area contributed by atoms with E-state index in [1.54, 1.807) is 19.9 Å². The van der Waals surface area contributed by atoms with Crippen LogP contribution in [0, 0.1) is 13.8 Å². The zero-order valence-electron chi connectivity index (χ0n) is 10.3. The Labute approximate surface area is 105 Å². The molecule has 1 amide bonds. The zero-order valence-corrected chi connectivity index (χ0v) is 10.3. The van der Waals surface area contributed by atoms with Crippen molar-refractivity contribution < 1.29 is 19.4 Å². The highest BCUT2D eigenvalue weighted by atomic mass is 16.5. The molecule has 2 N–H and O–H groups in total. The number of aromatic carboxylic acids is 1. The topological polar surface area (TPSA) is 75.6 Å². The molecule has 0 bridgehead atoms. The third-order valence-electron chi connectivity index (χ3n) is 2.27. The smallest absolute Gasteiger partial charge is 0.411 e. The summed E-state index contributed by atoms with van der Waals surface area (Å²) >= 11 is 0. The van der Waals surface area contributed by atoms with Crippen molar-refractivity contribution in [2.24, 2.45) is 0 Å². The molecule has 0 aliphatic rings. The third-order valence-corrected chi connectivity index (χ3v) is 2.27. The number of carbonyl (C=O) groups excluding carboxylic acids is 1. The maximum Gasteiger partial charge on any atom is 0.411 e. The lowest BCUT2D eigenvalue weighted by atomic mass is 10.0. The molecule has 0 fully saturated rings. The number of carboxylic acid groups (broad SMARTS) is 1. The fourth-order valence-electron chi connectivity index (χ4n) is 1.57. The highest BCUT2D eigenvalue weighted by molar-refractivity contribution is 6.00. The number of rotatable bonds is 4. The van der Waals surface area contributed by atoms with Crippen LogP contribution in [0.3, 0.4) is 0 Å². The van der Waals surface area contributed by atoms with Crippen molar-refractivity contribution in [1.82, 2.24) is 0 Å². The molecule has 5 heteroatoms. The van der Waals surface area contributed by atoms with Gasteiger partial charge in [0.05, 0.1) is 11.3 Å². The second-order valence-electron chi connectivity index (χ2n) is 3.82. The van der Waals surface area contributed by atoms with Crippen LogP contribution in [0.15, 0.2) is 24.8 Å². The minimum absolute atomic E-state index is 0.0445. The Hall–Kier alpha value is -2.30. The van der Waals surface area contributed by atoms with E-state index < -0.39 is 12.1 Å². The molecule has 0 atom stereocenters. The largest absolute Gasteiger partial charge is 0.478 e. The van der Waals surface area contributed by atoms with E-state index in [0.29, 0.717) is 5.56 Å². The third kappa shape index (κ3) is 3.35. The van der Waals surface area contributed by atoms with E-state index in [0.717, 1.165) is 5.56 Å². The van der Waals surface area contributed by atoms with Gasteiger partial charge in [-0.2, -0.15) is 0 Å². The molecule has 1 aromatic carbocycles. The molecule has 0 aliphatic carbocycles. The molecule has 0 heterocycles. The quantitative estimate of drug-likeness (QED) is 0.804. The number of aryl methyl sites for hydroxylation is 2. The van der Waals surface area contributed by atoms with E-state index in [2.05, 4.69) is 11.9 Å². The van der Waals surface area contributed by atoms with Crippen LogP contribution in [0.4, 0.5) is 10.5 Å². The first kappa shape index (κ1) is 13.8. The SMILES string of the molecule is C=CCOC(=O)Nc1c(C)cc(C)cc1C(=O)O. The van der Waals surface area contributed by atoms with Gasteiger partial charge in [-0.1, -0.05) is 18.7 Å². The number of anilines is 1. The highest BCUT2D eigenvalue weighted by Crippen LogP contribution is 2.23. The number of amides is 1. The number of ether oxygens (including phenoxy) is 1. The number of carboxylic acids is 1. The van der Waals surface area contributed by atoms with Crippen LogP contribution in [-0.2, 0) is 4.74 Å². The summed E-state index contributed by atoms with van der Waals surface area (Å²) < 4.78 is 4.75. The summed E-state index contributed by atoms with van der Waals surface area (Å²) in [6, 6.07) is 3.29. The van der Waals surface area contributed by atoms with Gasteiger partial charge in [0, 0.05) is 0 Å². The Bertz CT molecular complexity index is 494. The predicted octanol–water partition coefficient (Wildman–Crippen LogP) is 2.74. The van der Waals surface area contributed by atoms with E-state index >= 15 is 0 Å². The van der Waals surface area contributed by atoms with Gasteiger partial charge in [-0.25, -0.2) is 9.59 Å². The van der Waals surface area contributed by atoms with E-state index in [-0.39, 0.29) is 17.9 Å². The first-order valence-electron chi connectivity index (χ1n) is 5.35. The maximum absolute atomic E-state index is 11.4. The second kappa shape index (κ2) is 5.86. The van der Waals surface area contributed by atoms with Crippen LogP contribution in [0.5, 0.6) is 0 Å². The monoisotopic (exact) mass is 249 g/mol. The van der Waals surface area contributed by atoms with Gasteiger partial charge in [0.1, 0.15) is 6.61 Å². The van der Waals surface area contributed by atoms with Crippen molar-refractivity contribution in [3.05, 3.63) is 41.5 Å². The van der Waals surface area contributed by atoms with Crippen molar-refractivity contribution in [1.29, 1.82) is 0 Å². The number of hydrogen-bond acceptors (Lipinski definition) is 3. The lowest BCUT2D eigenvalue weighted by molar-refractivity contribution is 0.0698. The minimum atomic E-state index is -1.10. The van der Waals surface area contributed by atoms with Crippen LogP contribution in [0.2, 0.25) is 0 Å². The summed E-state index contributed by atoms with van der Waals surface area (Å²) in [4.78, 5) is 22.5. The minimum Gasteiger partial charge on any atom is -0.478 e. The highest BCUT2D eigenvalue weighted by Gasteiger charge is 2.15. The molecule has 0 spiro atoms. The summed E-state index contributed by atoms with van der Waals surface area (Å²) in [5.74, 6) is -1.10. The molecule has 0 radical (unpaired) electrons. The average molecular weight is 249 g/mol. The van der Waals surface area contributed by atoms with Crippen LogP contribution in [0.25, 0.3) is 0 Å². The lowest BCUT2D eigenvalue weighted by Gasteiger charge is -2.12. The van der Waals surface area contributed by atoms with Gasteiger partial charge in [0.15, 0.2) is 0 Å². The standard InChI is InChI=1S/C13H15NO4/c1-4-5-18-13(17)14-11-9(3)6-8(2)7-10(11)12(15)16/h4,6-7H,1,5H2,2-3H3,(H,14,17)(H,15,16). The number of benzene rings is 1. The van der Waals surface area contributed by atoms with Gasteiger partial charge in [0.2, 0.25) is 0 Å². The van der Waals surface area contributed by atoms with E-state index in [1.165, 1.54) is 12.1 Å². The Kier molecular flexibility index (Phi) is 4.48. The second-order valence-corrected chi connectivity index (χ2v) is 3.82. The summed E-state index contributed by atoms with van der Waals surface area (Å²) in [5.41, 5.74) is 1.78. The fraction of sp³-hybridized carbons (Fsp3) is 0.231. The summed E-state index contributed by atoms with van der Waals surface area (Å²) in [5, 5.41) is 11.5. The normalized spacial score (nSPS) is 9.67. The van der Waals surface area contributed by atoms with Crippen molar-refractivity contribution >= 4 is 17.7 Å². The predicted molar refractivity (Wildman–Crippen MR) is 68.0 cm³/mol. The molecule has 5 nitrogen and oxygen atoms in total. The average Bonchev–Trinajstić information content (AvgIpc) is 2.29.